The number of hydrogen-bond acceptors (Lipinski definition) is 2. The molecule has 1 aromatic rings. The zero-order valence-corrected chi connectivity index (χ0v) is 13.4. The van der Waals surface area contributed by atoms with E-state index in [1.807, 2.05) is 24.3 Å². The van der Waals surface area contributed by atoms with Crippen LogP contribution >= 0.6 is 15.9 Å². The highest BCUT2D eigenvalue weighted by Gasteiger charge is 2.18. The van der Waals surface area contributed by atoms with E-state index in [1.54, 1.807) is 7.11 Å². The van der Waals surface area contributed by atoms with Crippen molar-refractivity contribution in [3.63, 3.8) is 0 Å². The lowest BCUT2D eigenvalue weighted by Gasteiger charge is -2.24. The van der Waals surface area contributed by atoms with Crippen molar-refractivity contribution >= 4 is 21.8 Å². The molecule has 1 amide bonds. The molecule has 0 heterocycles. The highest BCUT2D eigenvalue weighted by atomic mass is 79.9. The second kappa shape index (κ2) is 7.53. The molecule has 0 spiro atoms. The van der Waals surface area contributed by atoms with E-state index in [0.717, 1.165) is 23.1 Å². The lowest BCUT2D eigenvalue weighted by molar-refractivity contribution is -0.120. The summed E-state index contributed by atoms with van der Waals surface area (Å²) in [7, 11) is 1.62. The average Bonchev–Trinajstić information content (AvgIpc) is 2.37. The maximum atomic E-state index is 12.0. The van der Waals surface area contributed by atoms with Gasteiger partial charge in [0.2, 0.25) is 5.91 Å². The van der Waals surface area contributed by atoms with Gasteiger partial charge in [-0.15, -0.1) is 0 Å². The second-order valence-corrected chi connectivity index (χ2v) is 6.16. The van der Waals surface area contributed by atoms with Gasteiger partial charge < -0.3 is 10.1 Å². The number of nitrogens with one attached hydrogen (secondary N) is 1. The van der Waals surface area contributed by atoms with Gasteiger partial charge >= 0.3 is 0 Å². The third-order valence-electron chi connectivity index (χ3n) is 3.08. The van der Waals surface area contributed by atoms with Crippen LogP contribution in [-0.2, 0) is 11.2 Å². The maximum absolute atomic E-state index is 12.0. The molecule has 0 saturated heterocycles. The number of para-hydroxylation sites is 1. The van der Waals surface area contributed by atoms with Crippen molar-refractivity contribution < 1.29 is 9.53 Å². The summed E-state index contributed by atoms with van der Waals surface area (Å²) in [4.78, 5) is 12.0. The van der Waals surface area contributed by atoms with Gasteiger partial charge in [0.05, 0.1) is 13.5 Å². The van der Waals surface area contributed by atoms with Crippen molar-refractivity contribution in [3.8, 4) is 5.75 Å². The Bertz CT molecular complexity index is 418. The number of ether oxygens (including phenoxy) is 1. The largest absolute Gasteiger partial charge is 0.496 e. The van der Waals surface area contributed by atoms with Gasteiger partial charge in [-0.25, -0.2) is 0 Å². The molecule has 1 aromatic carbocycles. The molecule has 1 N–H and O–H groups in total. The van der Waals surface area contributed by atoms with Crippen molar-refractivity contribution in [2.24, 2.45) is 5.41 Å². The van der Waals surface area contributed by atoms with E-state index in [9.17, 15) is 4.79 Å². The van der Waals surface area contributed by atoms with E-state index in [1.165, 1.54) is 0 Å². The molecular weight excluding hydrogens is 306 g/mol. The SMILES string of the molecule is COc1ccccc1CC(=O)NCC(C)(C)CCBr. The first-order chi connectivity index (χ1) is 8.98. The van der Waals surface area contributed by atoms with Crippen molar-refractivity contribution in [3.05, 3.63) is 29.8 Å². The minimum Gasteiger partial charge on any atom is -0.496 e. The van der Waals surface area contributed by atoms with Gasteiger partial charge in [-0.05, 0) is 17.9 Å². The molecule has 0 bridgehead atoms. The fourth-order valence-corrected chi connectivity index (χ4v) is 2.84. The molecule has 0 aliphatic heterocycles. The van der Waals surface area contributed by atoms with E-state index < -0.39 is 0 Å². The van der Waals surface area contributed by atoms with Crippen molar-refractivity contribution in [1.82, 2.24) is 5.32 Å². The van der Waals surface area contributed by atoms with Crippen LogP contribution in [0.25, 0.3) is 0 Å². The fraction of sp³-hybridized carbons (Fsp3) is 0.533. The predicted molar refractivity (Wildman–Crippen MR) is 81.9 cm³/mol. The Morgan fingerprint density at radius 1 is 1.37 bits per heavy atom. The standard InChI is InChI=1S/C15H22BrNO2/c1-15(2,8-9-16)11-17-14(18)10-12-6-4-5-7-13(12)19-3/h4-7H,8-11H2,1-3H3,(H,17,18). The van der Waals surface area contributed by atoms with Gasteiger partial charge in [-0.3, -0.25) is 4.79 Å². The Kier molecular flexibility index (Phi) is 6.35. The van der Waals surface area contributed by atoms with Crippen LogP contribution in [0.2, 0.25) is 0 Å². The molecule has 0 radical (unpaired) electrons. The molecule has 0 aromatic heterocycles. The molecule has 19 heavy (non-hydrogen) atoms. The molecule has 106 valence electrons. The molecule has 1 rings (SSSR count). The van der Waals surface area contributed by atoms with Gasteiger partial charge in [0.1, 0.15) is 5.75 Å². The minimum atomic E-state index is 0.0344. The Morgan fingerprint density at radius 2 is 2.05 bits per heavy atom. The van der Waals surface area contributed by atoms with E-state index in [0.29, 0.717) is 13.0 Å². The zero-order valence-electron chi connectivity index (χ0n) is 11.8. The summed E-state index contributed by atoms with van der Waals surface area (Å²) < 4.78 is 5.24. The highest BCUT2D eigenvalue weighted by molar-refractivity contribution is 9.09. The molecule has 0 fully saturated rings. The smallest absolute Gasteiger partial charge is 0.224 e. The molecular formula is C15H22BrNO2. The second-order valence-electron chi connectivity index (χ2n) is 5.37. The number of methoxy groups -OCH3 is 1. The summed E-state index contributed by atoms with van der Waals surface area (Å²) in [6.45, 7) is 4.99. The number of rotatable bonds is 7. The molecule has 0 atom stereocenters. The van der Waals surface area contributed by atoms with Crippen LogP contribution in [-0.4, -0.2) is 24.9 Å². The summed E-state index contributed by atoms with van der Waals surface area (Å²) in [5.74, 6) is 0.796. The Hall–Kier alpha value is -1.03. The predicted octanol–water partition coefficient (Wildman–Crippen LogP) is 3.17. The first-order valence-electron chi connectivity index (χ1n) is 6.43. The number of carbonyl (C=O) groups excluding carboxylic acids is 1. The Balaban J connectivity index is 2.52. The normalized spacial score (nSPS) is 11.2. The average molecular weight is 328 g/mol. The van der Waals surface area contributed by atoms with Gasteiger partial charge in [0.15, 0.2) is 0 Å². The first-order valence-corrected chi connectivity index (χ1v) is 7.55. The van der Waals surface area contributed by atoms with Crippen molar-refractivity contribution in [2.45, 2.75) is 26.7 Å². The summed E-state index contributed by atoms with van der Waals surface area (Å²) in [6.07, 6.45) is 1.39. The summed E-state index contributed by atoms with van der Waals surface area (Å²) in [6, 6.07) is 7.61. The molecule has 4 heteroatoms. The zero-order chi connectivity index (χ0) is 14.3. The van der Waals surface area contributed by atoms with Crippen molar-refractivity contribution in [1.29, 1.82) is 0 Å². The van der Waals surface area contributed by atoms with E-state index in [2.05, 4.69) is 35.1 Å². The minimum absolute atomic E-state index is 0.0344. The lowest BCUT2D eigenvalue weighted by Crippen LogP contribution is -2.35. The Morgan fingerprint density at radius 3 is 2.68 bits per heavy atom. The number of carbonyl (C=O) groups is 1. The topological polar surface area (TPSA) is 38.3 Å². The molecule has 0 unspecified atom stereocenters. The van der Waals surface area contributed by atoms with E-state index in [-0.39, 0.29) is 11.3 Å². The third-order valence-corrected chi connectivity index (χ3v) is 3.48. The van der Waals surface area contributed by atoms with Gasteiger partial charge in [-0.1, -0.05) is 48.0 Å². The maximum Gasteiger partial charge on any atom is 0.224 e. The van der Waals surface area contributed by atoms with Gasteiger partial charge in [0.25, 0.3) is 0 Å². The number of benzene rings is 1. The van der Waals surface area contributed by atoms with Crippen LogP contribution in [0, 0.1) is 5.41 Å². The summed E-state index contributed by atoms with van der Waals surface area (Å²) in [5, 5.41) is 3.94. The Labute approximate surface area is 123 Å². The van der Waals surface area contributed by atoms with E-state index in [4.69, 9.17) is 4.74 Å². The number of hydrogen-bond donors (Lipinski definition) is 1. The number of amides is 1. The molecule has 0 aliphatic rings. The summed E-state index contributed by atoms with van der Waals surface area (Å²) in [5.41, 5.74) is 1.03. The number of alkyl halides is 1. The van der Waals surface area contributed by atoms with Crippen LogP contribution in [0.5, 0.6) is 5.75 Å². The molecule has 0 saturated carbocycles. The van der Waals surface area contributed by atoms with E-state index >= 15 is 0 Å². The van der Waals surface area contributed by atoms with Crippen LogP contribution < -0.4 is 10.1 Å². The first kappa shape index (κ1) is 16.0. The highest BCUT2D eigenvalue weighted by Crippen LogP contribution is 2.21. The molecule has 0 aliphatic carbocycles. The molecule has 3 nitrogen and oxygen atoms in total. The van der Waals surface area contributed by atoms with Crippen molar-refractivity contribution in [2.75, 3.05) is 19.0 Å². The quantitative estimate of drug-likeness (QED) is 0.781. The van der Waals surface area contributed by atoms with Crippen LogP contribution in [0.1, 0.15) is 25.8 Å². The van der Waals surface area contributed by atoms with Crippen LogP contribution in [0.3, 0.4) is 0 Å². The van der Waals surface area contributed by atoms with Crippen LogP contribution in [0.15, 0.2) is 24.3 Å². The van der Waals surface area contributed by atoms with Gasteiger partial charge in [0, 0.05) is 17.4 Å². The third kappa shape index (κ3) is 5.64. The van der Waals surface area contributed by atoms with Crippen LogP contribution in [0.4, 0.5) is 0 Å². The lowest BCUT2D eigenvalue weighted by atomic mass is 9.90. The summed E-state index contributed by atoms with van der Waals surface area (Å²) >= 11 is 3.44. The monoisotopic (exact) mass is 327 g/mol. The van der Waals surface area contributed by atoms with Gasteiger partial charge in [-0.2, -0.15) is 0 Å². The number of halogens is 1. The fourth-order valence-electron chi connectivity index (χ4n) is 1.77.